The maximum atomic E-state index is 11.9. The molecule has 1 atom stereocenters. The van der Waals surface area contributed by atoms with E-state index in [0.29, 0.717) is 12.3 Å². The van der Waals surface area contributed by atoms with Gasteiger partial charge in [0.2, 0.25) is 5.91 Å². The van der Waals surface area contributed by atoms with Crippen molar-refractivity contribution < 1.29 is 14.3 Å². The number of hydrogen-bond donors (Lipinski definition) is 1. The van der Waals surface area contributed by atoms with Crippen molar-refractivity contribution in [3.63, 3.8) is 0 Å². The van der Waals surface area contributed by atoms with Crippen molar-refractivity contribution in [2.45, 2.75) is 26.9 Å². The Hall–Kier alpha value is -1.42. The Balaban J connectivity index is 2.47. The van der Waals surface area contributed by atoms with E-state index >= 15 is 0 Å². The molecular formula is C15H22ClNO3. The smallest absolute Gasteiger partial charge is 0.226 e. The van der Waals surface area contributed by atoms with E-state index in [0.717, 1.165) is 5.75 Å². The quantitative estimate of drug-likeness (QED) is 0.788. The van der Waals surface area contributed by atoms with Gasteiger partial charge in [0.15, 0.2) is 0 Å². The highest BCUT2D eigenvalue weighted by Crippen LogP contribution is 2.20. The Morgan fingerprint density at radius 1 is 1.40 bits per heavy atom. The third-order valence-corrected chi connectivity index (χ3v) is 3.55. The van der Waals surface area contributed by atoms with Gasteiger partial charge in [0.05, 0.1) is 19.1 Å². The number of amides is 1. The molecule has 1 rings (SSSR count). The van der Waals surface area contributed by atoms with Gasteiger partial charge in [-0.25, -0.2) is 0 Å². The number of benzene rings is 1. The summed E-state index contributed by atoms with van der Waals surface area (Å²) in [5, 5.41) is 2.84. The molecule has 1 aromatic carbocycles. The van der Waals surface area contributed by atoms with Crippen LogP contribution in [0, 0.1) is 5.41 Å². The Morgan fingerprint density at radius 3 is 2.65 bits per heavy atom. The van der Waals surface area contributed by atoms with Crippen molar-refractivity contribution in [1.82, 2.24) is 5.32 Å². The number of nitrogens with one attached hydrogen (secondary N) is 1. The lowest BCUT2D eigenvalue weighted by atomic mass is 9.95. The molecule has 0 aliphatic rings. The zero-order valence-corrected chi connectivity index (χ0v) is 13.2. The van der Waals surface area contributed by atoms with Crippen LogP contribution in [0.5, 0.6) is 11.5 Å². The summed E-state index contributed by atoms with van der Waals surface area (Å²) < 4.78 is 10.9. The van der Waals surface area contributed by atoms with E-state index in [1.54, 1.807) is 13.2 Å². The molecule has 0 aliphatic carbocycles. The number of carbonyl (C=O) groups excluding carboxylic acids is 1. The fourth-order valence-electron chi connectivity index (χ4n) is 1.48. The number of hydrogen-bond acceptors (Lipinski definition) is 3. The molecule has 1 amide bonds. The number of ether oxygens (including phenoxy) is 2. The first-order chi connectivity index (χ1) is 9.39. The lowest BCUT2D eigenvalue weighted by Crippen LogP contribution is -2.42. The van der Waals surface area contributed by atoms with Crippen LogP contribution in [0.15, 0.2) is 24.3 Å². The normalized spacial score (nSPS) is 12.7. The van der Waals surface area contributed by atoms with Crippen LogP contribution >= 0.6 is 11.6 Å². The molecule has 0 heterocycles. The van der Waals surface area contributed by atoms with Crippen LogP contribution in [0.1, 0.15) is 20.8 Å². The fourth-order valence-corrected chi connectivity index (χ4v) is 1.61. The van der Waals surface area contributed by atoms with Gasteiger partial charge in [-0.15, -0.1) is 11.6 Å². The van der Waals surface area contributed by atoms with Crippen LogP contribution in [-0.4, -0.2) is 31.5 Å². The van der Waals surface area contributed by atoms with Gasteiger partial charge in [0, 0.05) is 11.9 Å². The molecule has 4 nitrogen and oxygen atoms in total. The van der Waals surface area contributed by atoms with E-state index in [1.807, 2.05) is 39.0 Å². The van der Waals surface area contributed by atoms with Crippen LogP contribution in [-0.2, 0) is 4.79 Å². The molecule has 20 heavy (non-hydrogen) atoms. The monoisotopic (exact) mass is 299 g/mol. The molecule has 0 aromatic heterocycles. The Labute approximate surface area is 125 Å². The summed E-state index contributed by atoms with van der Waals surface area (Å²) in [6, 6.07) is 7.36. The number of methoxy groups -OCH3 is 1. The zero-order valence-electron chi connectivity index (χ0n) is 12.4. The first kappa shape index (κ1) is 16.6. The van der Waals surface area contributed by atoms with Crippen LogP contribution in [0.2, 0.25) is 0 Å². The predicted molar refractivity (Wildman–Crippen MR) is 80.6 cm³/mol. The third-order valence-electron chi connectivity index (χ3n) is 2.88. The number of carbonyl (C=O) groups is 1. The molecule has 112 valence electrons. The van der Waals surface area contributed by atoms with E-state index in [1.165, 1.54) is 0 Å². The van der Waals surface area contributed by atoms with E-state index in [-0.39, 0.29) is 17.9 Å². The van der Waals surface area contributed by atoms with Gasteiger partial charge in [0.25, 0.3) is 0 Å². The molecular weight excluding hydrogens is 278 g/mol. The van der Waals surface area contributed by atoms with Crippen molar-refractivity contribution in [2.24, 2.45) is 5.41 Å². The van der Waals surface area contributed by atoms with Gasteiger partial charge < -0.3 is 14.8 Å². The van der Waals surface area contributed by atoms with E-state index in [9.17, 15) is 4.79 Å². The second kappa shape index (κ2) is 7.39. The minimum Gasteiger partial charge on any atom is -0.497 e. The third kappa shape index (κ3) is 4.93. The molecule has 0 bridgehead atoms. The van der Waals surface area contributed by atoms with Crippen LogP contribution < -0.4 is 14.8 Å². The molecule has 0 saturated heterocycles. The largest absolute Gasteiger partial charge is 0.497 e. The summed E-state index contributed by atoms with van der Waals surface area (Å²) in [6.45, 7) is 5.94. The molecule has 0 radical (unpaired) electrons. The summed E-state index contributed by atoms with van der Waals surface area (Å²) in [5.74, 6) is 1.66. The minimum atomic E-state index is -0.572. The van der Waals surface area contributed by atoms with Crippen LogP contribution in [0.3, 0.4) is 0 Å². The Morgan fingerprint density at radius 2 is 2.05 bits per heavy atom. The minimum absolute atomic E-state index is 0.0754. The van der Waals surface area contributed by atoms with Gasteiger partial charge in [0.1, 0.15) is 17.6 Å². The highest BCUT2D eigenvalue weighted by Gasteiger charge is 2.26. The molecule has 5 heteroatoms. The SMILES string of the molecule is COc1cccc(OC(C)CNC(=O)C(C)(C)CCl)c1. The fraction of sp³-hybridized carbons (Fsp3) is 0.533. The van der Waals surface area contributed by atoms with Gasteiger partial charge >= 0.3 is 0 Å². The van der Waals surface area contributed by atoms with Gasteiger partial charge in [-0.3, -0.25) is 4.79 Å². The average molecular weight is 300 g/mol. The first-order valence-corrected chi connectivity index (χ1v) is 7.07. The summed E-state index contributed by atoms with van der Waals surface area (Å²) in [5.41, 5.74) is -0.572. The van der Waals surface area contributed by atoms with Crippen LogP contribution in [0.25, 0.3) is 0 Å². The van der Waals surface area contributed by atoms with Crippen molar-refractivity contribution in [3.05, 3.63) is 24.3 Å². The number of alkyl halides is 1. The topological polar surface area (TPSA) is 47.6 Å². The van der Waals surface area contributed by atoms with Crippen molar-refractivity contribution >= 4 is 17.5 Å². The molecule has 0 fully saturated rings. The second-order valence-electron chi connectivity index (χ2n) is 5.33. The summed E-state index contributed by atoms with van der Waals surface area (Å²) in [6.07, 6.45) is -0.141. The van der Waals surface area contributed by atoms with Gasteiger partial charge in [-0.1, -0.05) is 6.07 Å². The second-order valence-corrected chi connectivity index (χ2v) is 5.60. The van der Waals surface area contributed by atoms with Crippen molar-refractivity contribution in [3.8, 4) is 11.5 Å². The number of halogens is 1. The number of rotatable bonds is 7. The molecule has 1 aromatic rings. The predicted octanol–water partition coefficient (Wildman–Crippen LogP) is 2.84. The van der Waals surface area contributed by atoms with E-state index < -0.39 is 5.41 Å². The van der Waals surface area contributed by atoms with Crippen molar-refractivity contribution in [2.75, 3.05) is 19.5 Å². The Kier molecular flexibility index (Phi) is 6.14. The lowest BCUT2D eigenvalue weighted by molar-refractivity contribution is -0.128. The average Bonchev–Trinajstić information content (AvgIpc) is 2.44. The standard InChI is InChI=1S/C15H22ClNO3/c1-11(9-17-14(18)15(2,3)10-16)20-13-7-5-6-12(8-13)19-4/h5-8,11H,9-10H2,1-4H3,(H,17,18). The van der Waals surface area contributed by atoms with Gasteiger partial charge in [-0.2, -0.15) is 0 Å². The van der Waals surface area contributed by atoms with E-state index in [4.69, 9.17) is 21.1 Å². The summed E-state index contributed by atoms with van der Waals surface area (Å²) in [4.78, 5) is 11.9. The maximum absolute atomic E-state index is 11.9. The zero-order chi connectivity index (χ0) is 15.2. The van der Waals surface area contributed by atoms with Crippen LogP contribution in [0.4, 0.5) is 0 Å². The summed E-state index contributed by atoms with van der Waals surface area (Å²) in [7, 11) is 1.61. The molecule has 0 saturated carbocycles. The van der Waals surface area contributed by atoms with Gasteiger partial charge in [-0.05, 0) is 32.9 Å². The Bertz CT molecular complexity index is 448. The molecule has 0 aliphatic heterocycles. The summed E-state index contributed by atoms with van der Waals surface area (Å²) >= 11 is 5.76. The first-order valence-electron chi connectivity index (χ1n) is 6.54. The molecule has 1 unspecified atom stereocenters. The maximum Gasteiger partial charge on any atom is 0.226 e. The molecule has 0 spiro atoms. The van der Waals surface area contributed by atoms with Crippen molar-refractivity contribution in [1.29, 1.82) is 0 Å². The lowest BCUT2D eigenvalue weighted by Gasteiger charge is -2.22. The van der Waals surface area contributed by atoms with E-state index in [2.05, 4.69) is 5.32 Å². The highest BCUT2D eigenvalue weighted by atomic mass is 35.5. The highest BCUT2D eigenvalue weighted by molar-refractivity contribution is 6.19. The molecule has 1 N–H and O–H groups in total.